The van der Waals surface area contributed by atoms with Gasteiger partial charge in [-0.05, 0) is 49.6 Å². The van der Waals surface area contributed by atoms with Crippen molar-refractivity contribution < 1.29 is 4.79 Å². The summed E-state index contributed by atoms with van der Waals surface area (Å²) in [5, 5.41) is 13.2. The van der Waals surface area contributed by atoms with Crippen LogP contribution in [0.25, 0.3) is 0 Å². The van der Waals surface area contributed by atoms with Gasteiger partial charge in [0.1, 0.15) is 12.0 Å². The maximum atomic E-state index is 12.5. The minimum Gasteiger partial charge on any atom is -0.355 e. The van der Waals surface area contributed by atoms with E-state index in [2.05, 4.69) is 28.3 Å². The number of benzene rings is 2. The molecule has 3 atom stereocenters. The van der Waals surface area contributed by atoms with E-state index in [1.54, 1.807) is 0 Å². The lowest BCUT2D eigenvalue weighted by Gasteiger charge is -2.36. The molecule has 7 nitrogen and oxygen atoms in total. The molecule has 0 radical (unpaired) electrons. The summed E-state index contributed by atoms with van der Waals surface area (Å²) in [4.78, 5) is 19.1. The maximum absolute atomic E-state index is 12.5. The number of carbonyl (C=O) groups is 1. The summed E-state index contributed by atoms with van der Waals surface area (Å²) in [6, 6.07) is 15.8. The van der Waals surface area contributed by atoms with Crippen LogP contribution < -0.4 is 21.1 Å². The Morgan fingerprint density at radius 3 is 2.78 bits per heavy atom. The number of aryl methyl sites for hydroxylation is 1. The number of fused-ring (bicyclic) bond motifs is 1. The highest BCUT2D eigenvalue weighted by molar-refractivity contribution is 8.14. The smallest absolute Gasteiger partial charge is 0.230 e. The van der Waals surface area contributed by atoms with Crippen LogP contribution in [-0.2, 0) is 11.2 Å². The summed E-state index contributed by atoms with van der Waals surface area (Å²) in [5.74, 6) is 0.517. The number of hydrazine groups is 1. The van der Waals surface area contributed by atoms with Gasteiger partial charge in [0.2, 0.25) is 5.91 Å². The van der Waals surface area contributed by atoms with Gasteiger partial charge in [-0.3, -0.25) is 20.5 Å². The molecule has 4 N–H and O–H groups in total. The molecule has 32 heavy (non-hydrogen) atoms. The van der Waals surface area contributed by atoms with Crippen LogP contribution in [0.15, 0.2) is 53.5 Å². The summed E-state index contributed by atoms with van der Waals surface area (Å²) < 4.78 is 0. The number of carbonyl (C=O) groups excluding carboxylic acids is 1. The minimum absolute atomic E-state index is 0.0552. The van der Waals surface area contributed by atoms with Gasteiger partial charge in [0.05, 0.1) is 11.7 Å². The van der Waals surface area contributed by atoms with Crippen molar-refractivity contribution >= 4 is 46.0 Å². The molecular weight excluding hydrogens is 444 g/mol. The zero-order chi connectivity index (χ0) is 22.7. The third kappa shape index (κ3) is 4.99. The van der Waals surface area contributed by atoms with Gasteiger partial charge in [-0.25, -0.2) is 10.4 Å². The molecule has 3 unspecified atom stereocenters. The zero-order valence-corrected chi connectivity index (χ0v) is 19.6. The first-order valence-electron chi connectivity index (χ1n) is 10.6. The van der Waals surface area contributed by atoms with E-state index in [0.29, 0.717) is 22.6 Å². The van der Waals surface area contributed by atoms with E-state index in [1.807, 2.05) is 55.1 Å². The number of nitrogens with zero attached hydrogens (tertiary/aromatic N) is 2. The monoisotopic (exact) mass is 470 g/mol. The van der Waals surface area contributed by atoms with Crippen molar-refractivity contribution in [1.82, 2.24) is 16.2 Å². The average Bonchev–Trinajstić information content (AvgIpc) is 3.16. The Hall–Kier alpha value is -2.39. The first-order valence-corrected chi connectivity index (χ1v) is 12.0. The molecule has 1 amide bonds. The second-order valence-corrected chi connectivity index (χ2v) is 9.34. The first kappa shape index (κ1) is 22.8. The van der Waals surface area contributed by atoms with Crippen molar-refractivity contribution in [2.45, 2.75) is 32.5 Å². The number of aliphatic imine (C=N–C) groups is 1. The SMILES string of the molecule is Cc1cc(N2C(=N)C3C(C)NNC3N=C2SCC(=O)NCCc2ccccc2)ccc1Cl. The van der Waals surface area contributed by atoms with Crippen LogP contribution in [0, 0.1) is 18.3 Å². The van der Waals surface area contributed by atoms with Crippen molar-refractivity contribution in [3.63, 3.8) is 0 Å². The van der Waals surface area contributed by atoms with Gasteiger partial charge in [0, 0.05) is 23.3 Å². The quantitative estimate of drug-likeness (QED) is 0.519. The van der Waals surface area contributed by atoms with E-state index in [1.165, 1.54) is 17.3 Å². The van der Waals surface area contributed by atoms with Crippen LogP contribution in [0.5, 0.6) is 0 Å². The van der Waals surface area contributed by atoms with Crippen LogP contribution >= 0.6 is 23.4 Å². The molecule has 0 bridgehead atoms. The number of amides is 1. The Morgan fingerprint density at radius 1 is 1.25 bits per heavy atom. The molecule has 2 aliphatic heterocycles. The van der Waals surface area contributed by atoms with E-state index < -0.39 is 0 Å². The Balaban J connectivity index is 1.45. The first-order chi connectivity index (χ1) is 15.4. The lowest BCUT2D eigenvalue weighted by atomic mass is 9.97. The zero-order valence-electron chi connectivity index (χ0n) is 18.1. The maximum Gasteiger partial charge on any atom is 0.230 e. The van der Waals surface area contributed by atoms with Gasteiger partial charge >= 0.3 is 0 Å². The number of hydrogen-bond donors (Lipinski definition) is 4. The summed E-state index contributed by atoms with van der Waals surface area (Å²) >= 11 is 7.56. The van der Waals surface area contributed by atoms with Crippen molar-refractivity contribution in [3.05, 3.63) is 64.7 Å². The van der Waals surface area contributed by atoms with Gasteiger partial charge in [-0.1, -0.05) is 53.7 Å². The normalized spacial score (nSPS) is 22.5. The molecule has 0 aliphatic carbocycles. The van der Waals surface area contributed by atoms with E-state index in [4.69, 9.17) is 22.0 Å². The number of rotatable bonds is 6. The Bertz CT molecular complexity index is 1030. The van der Waals surface area contributed by atoms with Gasteiger partial charge < -0.3 is 5.32 Å². The molecule has 1 saturated heterocycles. The molecule has 168 valence electrons. The highest BCUT2D eigenvalue weighted by Gasteiger charge is 2.43. The van der Waals surface area contributed by atoms with E-state index in [9.17, 15) is 4.79 Å². The highest BCUT2D eigenvalue weighted by atomic mass is 35.5. The summed E-state index contributed by atoms with van der Waals surface area (Å²) in [6.07, 6.45) is 0.557. The molecular formula is C23H27ClN6OS. The summed E-state index contributed by atoms with van der Waals surface area (Å²) in [6.45, 7) is 4.55. The van der Waals surface area contributed by atoms with Crippen LogP contribution in [0.1, 0.15) is 18.1 Å². The second-order valence-electron chi connectivity index (χ2n) is 7.99. The fourth-order valence-electron chi connectivity index (χ4n) is 3.89. The van der Waals surface area contributed by atoms with Crippen LogP contribution in [-0.4, -0.2) is 41.4 Å². The lowest BCUT2D eigenvalue weighted by Crippen LogP contribution is -2.50. The molecule has 0 saturated carbocycles. The molecule has 0 aromatic heterocycles. The molecule has 2 aromatic rings. The number of nitrogens with one attached hydrogen (secondary N) is 4. The standard InChI is InChI=1S/C23H27ClN6OS/c1-14-12-17(8-9-18(14)24)30-21(25)20-15(2)28-29-22(20)27-23(30)32-13-19(31)26-11-10-16-6-4-3-5-7-16/h3-9,12,15,20,22,25,28-29H,10-11,13H2,1-2H3,(H,26,31). The number of thioether (sulfide) groups is 1. The number of anilines is 1. The fourth-order valence-corrected chi connectivity index (χ4v) is 4.89. The van der Waals surface area contributed by atoms with Gasteiger partial charge in [0.25, 0.3) is 0 Å². The molecule has 2 heterocycles. The van der Waals surface area contributed by atoms with Crippen LogP contribution in [0.2, 0.25) is 5.02 Å². The molecule has 0 spiro atoms. The molecule has 9 heteroatoms. The third-order valence-corrected chi connectivity index (χ3v) is 7.02. The second kappa shape index (κ2) is 10.0. The predicted molar refractivity (Wildman–Crippen MR) is 132 cm³/mol. The molecule has 2 aromatic carbocycles. The van der Waals surface area contributed by atoms with Crippen molar-refractivity contribution in [1.29, 1.82) is 5.41 Å². The van der Waals surface area contributed by atoms with Crippen molar-refractivity contribution in [2.24, 2.45) is 10.9 Å². The Labute approximate surface area is 197 Å². The van der Waals surface area contributed by atoms with E-state index in [-0.39, 0.29) is 29.8 Å². The lowest BCUT2D eigenvalue weighted by molar-refractivity contribution is -0.118. The van der Waals surface area contributed by atoms with Crippen molar-refractivity contribution in [2.75, 3.05) is 17.2 Å². The summed E-state index contributed by atoms with van der Waals surface area (Å²) in [5.41, 5.74) is 9.28. The average molecular weight is 471 g/mol. The highest BCUT2D eigenvalue weighted by Crippen LogP contribution is 2.33. The van der Waals surface area contributed by atoms with Gasteiger partial charge in [-0.15, -0.1) is 0 Å². The third-order valence-electron chi connectivity index (χ3n) is 5.65. The largest absolute Gasteiger partial charge is 0.355 e. The van der Waals surface area contributed by atoms with E-state index >= 15 is 0 Å². The minimum atomic E-state index is -0.231. The van der Waals surface area contributed by atoms with Crippen LogP contribution in [0.4, 0.5) is 5.69 Å². The van der Waals surface area contributed by atoms with Gasteiger partial charge in [0.15, 0.2) is 5.17 Å². The molecule has 2 aliphatic rings. The van der Waals surface area contributed by atoms with Crippen molar-refractivity contribution in [3.8, 4) is 0 Å². The van der Waals surface area contributed by atoms with Crippen LogP contribution in [0.3, 0.4) is 0 Å². The topological polar surface area (TPSA) is 92.6 Å². The Morgan fingerprint density at radius 2 is 2.03 bits per heavy atom. The summed E-state index contributed by atoms with van der Waals surface area (Å²) in [7, 11) is 0. The number of halogens is 1. The molecule has 4 rings (SSSR count). The number of hydrogen-bond acceptors (Lipinski definition) is 6. The Kier molecular flexibility index (Phi) is 7.15. The molecule has 1 fully saturated rings. The van der Waals surface area contributed by atoms with E-state index in [0.717, 1.165) is 17.7 Å². The number of amidine groups is 2. The van der Waals surface area contributed by atoms with Gasteiger partial charge in [-0.2, -0.15) is 0 Å². The fraction of sp³-hybridized carbons (Fsp3) is 0.348. The predicted octanol–water partition coefficient (Wildman–Crippen LogP) is 3.33.